The lowest BCUT2D eigenvalue weighted by atomic mass is 10.2. The lowest BCUT2D eigenvalue weighted by molar-refractivity contribution is -0.384. The predicted octanol–water partition coefficient (Wildman–Crippen LogP) is 2.41. The van der Waals surface area contributed by atoms with E-state index >= 15 is 0 Å². The summed E-state index contributed by atoms with van der Waals surface area (Å²) in [4.78, 5) is 21.1. The van der Waals surface area contributed by atoms with Gasteiger partial charge in [0.2, 0.25) is 5.91 Å². The summed E-state index contributed by atoms with van der Waals surface area (Å²) in [7, 11) is 0. The van der Waals surface area contributed by atoms with Crippen LogP contribution in [0.3, 0.4) is 0 Å². The van der Waals surface area contributed by atoms with Crippen LogP contribution in [0.4, 0.5) is 11.4 Å². The van der Waals surface area contributed by atoms with Gasteiger partial charge < -0.3 is 10.4 Å². The van der Waals surface area contributed by atoms with E-state index in [4.69, 9.17) is 0 Å². The van der Waals surface area contributed by atoms with Crippen LogP contribution in [-0.2, 0) is 4.79 Å². The maximum Gasteiger partial charge on any atom is 0.271 e. The second-order valence-corrected chi connectivity index (χ2v) is 4.43. The molecule has 92 valence electrons. The normalized spacial score (nSPS) is 11.9. The molecule has 1 aromatic rings. The number of hydrogen-bond donors (Lipinski definition) is 2. The highest BCUT2D eigenvalue weighted by atomic mass is 79.9. The van der Waals surface area contributed by atoms with Crippen molar-refractivity contribution in [1.82, 2.24) is 0 Å². The highest BCUT2D eigenvalue weighted by Crippen LogP contribution is 2.28. The monoisotopic (exact) mass is 302 g/mol. The van der Waals surface area contributed by atoms with E-state index in [1.807, 2.05) is 6.92 Å². The molecule has 1 atom stereocenters. The molecule has 0 fully saturated rings. The topological polar surface area (TPSA) is 92.5 Å². The van der Waals surface area contributed by atoms with Gasteiger partial charge in [0.25, 0.3) is 5.69 Å². The quantitative estimate of drug-likeness (QED) is 0.386. The van der Waals surface area contributed by atoms with Gasteiger partial charge in [0.05, 0.1) is 15.4 Å². The van der Waals surface area contributed by atoms with Crippen LogP contribution < -0.4 is 5.32 Å². The number of carbonyl (C=O) groups excluding carboxylic acids is 1. The minimum Gasteiger partial charge on any atom is -0.506 e. The number of hydrogen-bond acceptors (Lipinski definition) is 4. The van der Waals surface area contributed by atoms with Gasteiger partial charge in [-0.25, -0.2) is 0 Å². The standard InChI is InChI=1S/C10H11BrN2O4/c1-2-7(11)10(15)12-8-5-6(13(16)17)3-4-9(8)14/h3-5,7,14H,2H2,1H3,(H,12,15)/t7-/m0/s1. The van der Waals surface area contributed by atoms with Crippen molar-refractivity contribution in [2.24, 2.45) is 0 Å². The summed E-state index contributed by atoms with van der Waals surface area (Å²) < 4.78 is 0. The number of nitrogens with one attached hydrogen (secondary N) is 1. The Balaban J connectivity index is 2.94. The van der Waals surface area contributed by atoms with Gasteiger partial charge in [0.15, 0.2) is 0 Å². The highest BCUT2D eigenvalue weighted by molar-refractivity contribution is 9.10. The number of alkyl halides is 1. The van der Waals surface area contributed by atoms with Gasteiger partial charge >= 0.3 is 0 Å². The molecule has 1 rings (SSSR count). The minimum absolute atomic E-state index is 0.0297. The molecule has 0 aliphatic rings. The molecule has 0 aliphatic heterocycles. The number of nitro groups is 1. The first-order valence-corrected chi connectivity index (χ1v) is 5.79. The maximum atomic E-state index is 11.5. The Morgan fingerprint density at radius 3 is 2.82 bits per heavy atom. The second-order valence-electron chi connectivity index (χ2n) is 3.32. The number of phenolic OH excluding ortho intramolecular Hbond substituents is 1. The van der Waals surface area contributed by atoms with Crippen LogP contribution in [0.1, 0.15) is 13.3 Å². The SMILES string of the molecule is CC[C@H](Br)C(=O)Nc1cc([N+](=O)[O-])ccc1O. The zero-order chi connectivity index (χ0) is 13.0. The van der Waals surface area contributed by atoms with E-state index in [2.05, 4.69) is 21.2 Å². The third kappa shape index (κ3) is 3.42. The summed E-state index contributed by atoms with van der Waals surface area (Å²) in [6.45, 7) is 1.81. The molecule has 0 unspecified atom stereocenters. The predicted molar refractivity (Wildman–Crippen MR) is 66.4 cm³/mol. The smallest absolute Gasteiger partial charge is 0.271 e. The lowest BCUT2D eigenvalue weighted by Crippen LogP contribution is -2.22. The molecular formula is C10H11BrN2O4. The Morgan fingerprint density at radius 1 is 1.65 bits per heavy atom. The molecule has 0 aromatic heterocycles. The first kappa shape index (κ1) is 13.4. The molecule has 0 bridgehead atoms. The molecule has 1 aromatic carbocycles. The van der Waals surface area contributed by atoms with Gasteiger partial charge in [-0.3, -0.25) is 14.9 Å². The number of benzene rings is 1. The summed E-state index contributed by atoms with van der Waals surface area (Å²) in [5.41, 5.74) is -0.164. The average Bonchev–Trinajstić information content (AvgIpc) is 2.30. The van der Waals surface area contributed by atoms with E-state index in [1.54, 1.807) is 0 Å². The van der Waals surface area contributed by atoms with Crippen LogP contribution >= 0.6 is 15.9 Å². The van der Waals surface area contributed by atoms with Crippen molar-refractivity contribution in [3.05, 3.63) is 28.3 Å². The molecule has 0 radical (unpaired) electrons. The van der Waals surface area contributed by atoms with Crippen LogP contribution in [0, 0.1) is 10.1 Å². The van der Waals surface area contributed by atoms with Crippen LogP contribution in [0.15, 0.2) is 18.2 Å². The highest BCUT2D eigenvalue weighted by Gasteiger charge is 2.16. The number of phenols is 1. The molecule has 2 N–H and O–H groups in total. The Bertz CT molecular complexity index is 450. The molecule has 0 heterocycles. The molecule has 0 saturated heterocycles. The Kier molecular flexibility index (Phi) is 4.45. The fourth-order valence-corrected chi connectivity index (χ4v) is 1.25. The summed E-state index contributed by atoms with van der Waals surface area (Å²) in [5.74, 6) is -0.567. The van der Waals surface area contributed by atoms with Gasteiger partial charge in [-0.1, -0.05) is 22.9 Å². The molecular weight excluding hydrogens is 292 g/mol. The molecule has 6 nitrogen and oxygen atoms in total. The fraction of sp³-hybridized carbons (Fsp3) is 0.300. The Labute approximate surface area is 106 Å². The summed E-state index contributed by atoms with van der Waals surface area (Å²) in [5, 5.41) is 22.4. The van der Waals surface area contributed by atoms with Crippen molar-refractivity contribution in [3.63, 3.8) is 0 Å². The van der Waals surface area contributed by atoms with Crippen LogP contribution in [0.5, 0.6) is 5.75 Å². The average molecular weight is 303 g/mol. The Morgan fingerprint density at radius 2 is 2.29 bits per heavy atom. The number of amides is 1. The third-order valence-corrected chi connectivity index (χ3v) is 3.16. The van der Waals surface area contributed by atoms with Gasteiger partial charge in [0, 0.05) is 12.1 Å². The zero-order valence-electron chi connectivity index (χ0n) is 9.01. The van der Waals surface area contributed by atoms with Crippen LogP contribution in [-0.4, -0.2) is 20.8 Å². The Hall–Kier alpha value is -1.63. The van der Waals surface area contributed by atoms with Crippen LogP contribution in [0.25, 0.3) is 0 Å². The van der Waals surface area contributed by atoms with Crippen molar-refractivity contribution in [2.45, 2.75) is 18.2 Å². The van der Waals surface area contributed by atoms with Gasteiger partial charge in [-0.05, 0) is 12.5 Å². The number of rotatable bonds is 4. The molecule has 0 spiro atoms. The number of nitro benzene ring substituents is 1. The van der Waals surface area contributed by atoms with E-state index in [-0.39, 0.29) is 23.0 Å². The van der Waals surface area contributed by atoms with Crippen LogP contribution in [0.2, 0.25) is 0 Å². The number of aromatic hydroxyl groups is 1. The summed E-state index contributed by atoms with van der Waals surface area (Å²) in [6, 6.07) is 3.45. The lowest BCUT2D eigenvalue weighted by Gasteiger charge is -2.09. The zero-order valence-corrected chi connectivity index (χ0v) is 10.6. The van der Waals surface area contributed by atoms with E-state index in [1.165, 1.54) is 6.07 Å². The first-order valence-electron chi connectivity index (χ1n) is 4.88. The van der Waals surface area contributed by atoms with Gasteiger partial charge in [0.1, 0.15) is 5.75 Å². The molecule has 1 amide bonds. The summed E-state index contributed by atoms with van der Waals surface area (Å²) in [6.07, 6.45) is 0.571. The van der Waals surface area contributed by atoms with Crippen molar-refractivity contribution in [3.8, 4) is 5.75 Å². The second kappa shape index (κ2) is 5.62. The van der Waals surface area contributed by atoms with Crippen molar-refractivity contribution in [2.75, 3.05) is 5.32 Å². The summed E-state index contributed by atoms with van der Waals surface area (Å²) >= 11 is 3.14. The van der Waals surface area contributed by atoms with E-state index in [9.17, 15) is 20.0 Å². The van der Waals surface area contributed by atoms with E-state index in [0.717, 1.165) is 12.1 Å². The molecule has 7 heteroatoms. The molecule has 0 saturated carbocycles. The number of non-ortho nitro benzene ring substituents is 1. The number of halogens is 1. The van der Waals surface area contributed by atoms with E-state index < -0.39 is 9.75 Å². The number of carbonyl (C=O) groups is 1. The number of anilines is 1. The molecule has 0 aliphatic carbocycles. The molecule has 17 heavy (non-hydrogen) atoms. The fourth-order valence-electron chi connectivity index (χ4n) is 1.13. The van der Waals surface area contributed by atoms with Gasteiger partial charge in [-0.2, -0.15) is 0 Å². The number of nitrogens with zero attached hydrogens (tertiary/aromatic N) is 1. The van der Waals surface area contributed by atoms with E-state index in [0.29, 0.717) is 6.42 Å². The third-order valence-electron chi connectivity index (χ3n) is 2.09. The van der Waals surface area contributed by atoms with Crippen molar-refractivity contribution in [1.29, 1.82) is 0 Å². The minimum atomic E-state index is -0.597. The maximum absolute atomic E-state index is 11.5. The van der Waals surface area contributed by atoms with Crippen molar-refractivity contribution >= 4 is 33.2 Å². The largest absolute Gasteiger partial charge is 0.506 e. The first-order chi connectivity index (χ1) is 7.95. The van der Waals surface area contributed by atoms with Crippen molar-refractivity contribution < 1.29 is 14.8 Å². The van der Waals surface area contributed by atoms with Gasteiger partial charge in [-0.15, -0.1) is 0 Å².